The summed E-state index contributed by atoms with van der Waals surface area (Å²) in [5.41, 5.74) is 2.77. The van der Waals surface area contributed by atoms with Crippen LogP contribution in [0, 0.1) is 0 Å². The highest BCUT2D eigenvalue weighted by atomic mass is 16.5. The molecule has 0 radical (unpaired) electrons. The maximum atomic E-state index is 12.3. The average molecular weight is 392 g/mol. The Morgan fingerprint density at radius 3 is 3.14 bits per heavy atom. The summed E-state index contributed by atoms with van der Waals surface area (Å²) in [4.78, 5) is 12.3. The summed E-state index contributed by atoms with van der Waals surface area (Å²) in [6.07, 6.45) is 6.83. The van der Waals surface area contributed by atoms with Gasteiger partial charge in [-0.25, -0.2) is 0 Å². The lowest BCUT2D eigenvalue weighted by Gasteiger charge is -2.10. The normalized spacial score (nSPS) is 15.4. The molecule has 0 spiro atoms. The van der Waals surface area contributed by atoms with Crippen LogP contribution in [0.5, 0.6) is 11.5 Å². The molecule has 0 fully saturated rings. The molecule has 4 rings (SSSR count). The van der Waals surface area contributed by atoms with Crippen LogP contribution in [0.3, 0.4) is 0 Å². The van der Waals surface area contributed by atoms with Gasteiger partial charge in [-0.05, 0) is 44.2 Å². The van der Waals surface area contributed by atoms with E-state index in [2.05, 4.69) is 15.5 Å². The van der Waals surface area contributed by atoms with E-state index in [-0.39, 0.29) is 12.0 Å². The van der Waals surface area contributed by atoms with Crippen LogP contribution in [0.1, 0.15) is 30.8 Å². The second-order valence-electron chi connectivity index (χ2n) is 6.98. The van der Waals surface area contributed by atoms with E-state index in [1.54, 1.807) is 6.08 Å². The van der Waals surface area contributed by atoms with Gasteiger partial charge < -0.3 is 14.8 Å². The molecule has 1 amide bonds. The Balaban J connectivity index is 1.38. The number of benzene rings is 1. The Bertz CT molecular complexity index is 1060. The third kappa shape index (κ3) is 4.23. The van der Waals surface area contributed by atoms with Crippen molar-refractivity contribution < 1.29 is 14.3 Å². The minimum atomic E-state index is -0.170. The van der Waals surface area contributed by atoms with Gasteiger partial charge in [-0.2, -0.15) is 0 Å². The number of rotatable bonds is 7. The van der Waals surface area contributed by atoms with E-state index >= 15 is 0 Å². The lowest BCUT2D eigenvalue weighted by molar-refractivity contribution is -0.116. The fourth-order valence-electron chi connectivity index (χ4n) is 3.45. The number of pyridine rings is 1. The van der Waals surface area contributed by atoms with Crippen molar-refractivity contribution in [3.63, 3.8) is 0 Å². The molecule has 0 saturated carbocycles. The Labute approximate surface area is 169 Å². The van der Waals surface area contributed by atoms with Crippen molar-refractivity contribution >= 4 is 17.6 Å². The van der Waals surface area contributed by atoms with Gasteiger partial charge in [-0.15, -0.1) is 10.2 Å². The fraction of sp³-hybridized carbons (Fsp3) is 0.318. The van der Waals surface area contributed by atoms with Gasteiger partial charge in [0.1, 0.15) is 23.4 Å². The number of hydrogen-bond acceptors (Lipinski definition) is 5. The molecule has 0 saturated heterocycles. The number of carbonyl (C=O) groups excluding carboxylic acids is 1. The van der Waals surface area contributed by atoms with Crippen LogP contribution in [-0.2, 0) is 17.6 Å². The second-order valence-corrected chi connectivity index (χ2v) is 6.98. The van der Waals surface area contributed by atoms with E-state index in [0.29, 0.717) is 19.6 Å². The number of hydrogen-bond donors (Lipinski definition) is 1. The summed E-state index contributed by atoms with van der Waals surface area (Å²) < 4.78 is 13.5. The first kappa shape index (κ1) is 19.0. The van der Waals surface area contributed by atoms with Gasteiger partial charge >= 0.3 is 0 Å². The Morgan fingerprint density at radius 1 is 1.38 bits per heavy atom. The minimum Gasteiger partial charge on any atom is -0.493 e. The van der Waals surface area contributed by atoms with Crippen LogP contribution in [0.25, 0.3) is 11.7 Å². The number of carbonyl (C=O) groups is 1. The molecular formula is C22H24N4O3. The van der Waals surface area contributed by atoms with Crippen LogP contribution in [0.2, 0.25) is 0 Å². The predicted octanol–water partition coefficient (Wildman–Crippen LogP) is 2.82. The highest BCUT2D eigenvalue weighted by Crippen LogP contribution is 2.35. The number of aromatic nitrogens is 3. The third-order valence-corrected chi connectivity index (χ3v) is 4.77. The summed E-state index contributed by atoms with van der Waals surface area (Å²) in [5, 5.41) is 11.2. The summed E-state index contributed by atoms with van der Waals surface area (Å²) in [7, 11) is 0. The number of amides is 1. The zero-order valence-electron chi connectivity index (χ0n) is 16.6. The molecule has 1 aromatic carbocycles. The highest BCUT2D eigenvalue weighted by Gasteiger charge is 2.21. The minimum absolute atomic E-state index is 0.162. The predicted molar refractivity (Wildman–Crippen MR) is 110 cm³/mol. The van der Waals surface area contributed by atoms with Crippen molar-refractivity contribution in [1.82, 2.24) is 19.9 Å². The second kappa shape index (κ2) is 8.34. The van der Waals surface area contributed by atoms with Crippen LogP contribution >= 0.6 is 0 Å². The number of fused-ring (bicyclic) bond motifs is 2. The lowest BCUT2D eigenvalue weighted by atomic mass is 10.1. The van der Waals surface area contributed by atoms with E-state index in [4.69, 9.17) is 9.47 Å². The molecule has 1 aliphatic heterocycles. The monoisotopic (exact) mass is 392 g/mol. The molecule has 150 valence electrons. The van der Waals surface area contributed by atoms with Crippen molar-refractivity contribution in [1.29, 1.82) is 0 Å². The van der Waals surface area contributed by atoms with Crippen LogP contribution in [0.15, 0.2) is 42.6 Å². The summed E-state index contributed by atoms with van der Waals surface area (Å²) in [6, 6.07) is 9.70. The van der Waals surface area contributed by atoms with Gasteiger partial charge in [0.2, 0.25) is 5.91 Å². The molecule has 0 aliphatic carbocycles. The largest absolute Gasteiger partial charge is 0.493 e. The van der Waals surface area contributed by atoms with Crippen molar-refractivity contribution in [3.05, 3.63) is 59.6 Å². The molecule has 29 heavy (non-hydrogen) atoms. The van der Waals surface area contributed by atoms with E-state index in [1.165, 1.54) is 6.08 Å². The maximum absolute atomic E-state index is 12.3. The SMILES string of the molecule is CCOc1cc2c(cc1/C=C/C(=O)NCCc1nnc3ccccn13)O[C@H](C)C2. The van der Waals surface area contributed by atoms with Crippen LogP contribution in [0.4, 0.5) is 0 Å². The smallest absolute Gasteiger partial charge is 0.244 e. The fourth-order valence-corrected chi connectivity index (χ4v) is 3.45. The number of ether oxygens (including phenoxy) is 2. The van der Waals surface area contributed by atoms with Gasteiger partial charge in [-0.3, -0.25) is 9.20 Å². The molecule has 1 atom stereocenters. The number of nitrogens with zero attached hydrogens (tertiary/aromatic N) is 3. The summed E-state index contributed by atoms with van der Waals surface area (Å²) in [5.74, 6) is 2.27. The highest BCUT2D eigenvalue weighted by molar-refractivity contribution is 5.92. The van der Waals surface area contributed by atoms with Gasteiger partial charge in [0.05, 0.1) is 6.61 Å². The average Bonchev–Trinajstić information content (AvgIpc) is 3.28. The zero-order chi connectivity index (χ0) is 20.2. The third-order valence-electron chi connectivity index (χ3n) is 4.77. The van der Waals surface area contributed by atoms with Crippen molar-refractivity contribution in [2.75, 3.05) is 13.2 Å². The number of nitrogens with one attached hydrogen (secondary N) is 1. The first-order chi connectivity index (χ1) is 14.1. The van der Waals surface area contributed by atoms with E-state index < -0.39 is 0 Å². The lowest BCUT2D eigenvalue weighted by Crippen LogP contribution is -2.24. The Hall–Kier alpha value is -3.35. The van der Waals surface area contributed by atoms with Gasteiger partial charge in [-0.1, -0.05) is 6.07 Å². The molecule has 7 nitrogen and oxygen atoms in total. The molecule has 7 heteroatoms. The Kier molecular flexibility index (Phi) is 5.46. The molecule has 0 unspecified atom stereocenters. The quantitative estimate of drug-likeness (QED) is 0.626. The molecule has 0 bridgehead atoms. The topological polar surface area (TPSA) is 77.8 Å². The molecule has 2 aromatic heterocycles. The van der Waals surface area contributed by atoms with E-state index in [0.717, 1.165) is 40.5 Å². The van der Waals surface area contributed by atoms with Gasteiger partial charge in [0.15, 0.2) is 5.65 Å². The summed E-state index contributed by atoms with van der Waals surface area (Å²) >= 11 is 0. The maximum Gasteiger partial charge on any atom is 0.244 e. The van der Waals surface area contributed by atoms with Crippen molar-refractivity contribution in [2.24, 2.45) is 0 Å². The molecule has 3 aromatic rings. The molecular weight excluding hydrogens is 368 g/mol. The van der Waals surface area contributed by atoms with Crippen molar-refractivity contribution in [3.8, 4) is 11.5 Å². The van der Waals surface area contributed by atoms with Crippen LogP contribution in [-0.4, -0.2) is 39.8 Å². The molecule has 3 heterocycles. The first-order valence-corrected chi connectivity index (χ1v) is 9.85. The standard InChI is InChI=1S/C22H24N4O3/c1-3-28-18-14-17-12-15(2)29-19(17)13-16(18)7-8-22(27)23-10-9-21-25-24-20-6-4-5-11-26(20)21/h4-8,11,13-15H,3,9-10,12H2,1-2H3,(H,23,27)/b8-7+/t15-/m1/s1. The van der Waals surface area contributed by atoms with Gasteiger partial charge in [0.25, 0.3) is 0 Å². The molecule has 1 aliphatic rings. The van der Waals surface area contributed by atoms with E-state index in [9.17, 15) is 4.79 Å². The van der Waals surface area contributed by atoms with Crippen LogP contribution < -0.4 is 14.8 Å². The van der Waals surface area contributed by atoms with Gasteiger partial charge in [0, 0.05) is 42.8 Å². The van der Waals surface area contributed by atoms with Crippen molar-refractivity contribution in [2.45, 2.75) is 32.8 Å². The summed E-state index contributed by atoms with van der Waals surface area (Å²) in [6.45, 7) is 5.03. The zero-order valence-corrected chi connectivity index (χ0v) is 16.6. The first-order valence-electron chi connectivity index (χ1n) is 9.85. The molecule has 1 N–H and O–H groups in total. The Morgan fingerprint density at radius 2 is 2.28 bits per heavy atom. The van der Waals surface area contributed by atoms with E-state index in [1.807, 2.05) is 54.8 Å².